The van der Waals surface area contributed by atoms with Gasteiger partial charge in [-0.1, -0.05) is 5.21 Å². The topological polar surface area (TPSA) is 50.9 Å². The van der Waals surface area contributed by atoms with Gasteiger partial charge in [-0.2, -0.15) is 0 Å². The molecule has 1 N–H and O–H groups in total. The molecule has 0 aliphatic heterocycles. The minimum absolute atomic E-state index is 0. The first-order valence-electron chi connectivity index (χ1n) is 6.93. The molecular formula is C18H15FeN3O+2. The largest absolute Gasteiger partial charge is 2.00 e. The molecule has 1 heterocycles. The molecule has 0 atom stereocenters. The van der Waals surface area contributed by atoms with Gasteiger partial charge in [0.25, 0.3) is 0 Å². The maximum Gasteiger partial charge on any atom is 2.00 e. The third-order valence-electron chi connectivity index (χ3n) is 3.12. The van der Waals surface area contributed by atoms with Crippen molar-refractivity contribution in [3.05, 3.63) is 94.3 Å². The van der Waals surface area contributed by atoms with Gasteiger partial charge in [0.05, 0.1) is 12.2 Å². The zero-order valence-electron chi connectivity index (χ0n) is 12.2. The van der Waals surface area contributed by atoms with E-state index in [1.807, 2.05) is 76.1 Å². The van der Waals surface area contributed by atoms with E-state index in [-0.39, 0.29) is 22.8 Å². The van der Waals surface area contributed by atoms with Crippen molar-refractivity contribution in [2.45, 2.75) is 0 Å². The molecule has 4 nitrogen and oxygen atoms in total. The van der Waals surface area contributed by atoms with Crippen LogP contribution in [0.2, 0.25) is 0 Å². The third-order valence-corrected chi connectivity index (χ3v) is 3.12. The summed E-state index contributed by atoms with van der Waals surface area (Å²) >= 11 is 0. The molecule has 0 amide bonds. The molecule has 0 unspecified atom stereocenters. The van der Waals surface area contributed by atoms with Crippen molar-refractivity contribution < 1.29 is 22.2 Å². The summed E-state index contributed by atoms with van der Waals surface area (Å²) in [6.45, 7) is 0. The number of nitrogens with zero attached hydrogens (tertiary/aromatic N) is 3. The van der Waals surface area contributed by atoms with Gasteiger partial charge in [0.2, 0.25) is 0 Å². The second kappa shape index (κ2) is 9.09. The molecule has 1 aromatic carbocycles. The van der Waals surface area contributed by atoms with Gasteiger partial charge < -0.3 is 5.11 Å². The second-order valence-electron chi connectivity index (χ2n) is 4.70. The van der Waals surface area contributed by atoms with Crippen LogP contribution in [-0.2, 0) is 17.1 Å². The van der Waals surface area contributed by atoms with Crippen molar-refractivity contribution in [1.29, 1.82) is 0 Å². The zero-order valence-corrected chi connectivity index (χ0v) is 13.3. The summed E-state index contributed by atoms with van der Waals surface area (Å²) in [7, 11) is 0. The molecule has 2 aliphatic rings. The third kappa shape index (κ3) is 5.08. The van der Waals surface area contributed by atoms with E-state index in [4.69, 9.17) is 0 Å². The molecule has 10 radical (unpaired) electrons. The first-order valence-corrected chi connectivity index (χ1v) is 6.93. The van der Waals surface area contributed by atoms with E-state index in [0.717, 1.165) is 17.3 Å². The van der Waals surface area contributed by atoms with Gasteiger partial charge in [0.15, 0.2) is 0 Å². The molecule has 0 spiro atoms. The molecule has 5 heteroatoms. The van der Waals surface area contributed by atoms with Gasteiger partial charge >= 0.3 is 17.1 Å². The normalized spacial score (nSPS) is 17.4. The first kappa shape index (κ1) is 18.0. The van der Waals surface area contributed by atoms with Crippen LogP contribution in [-0.4, -0.2) is 20.1 Å². The van der Waals surface area contributed by atoms with E-state index in [9.17, 15) is 5.11 Å². The number of hydrogen-bond acceptors (Lipinski definition) is 3. The van der Waals surface area contributed by atoms with E-state index in [1.165, 1.54) is 0 Å². The standard InChI is InChI=1S/C13H10N3O.C5H5.Fe/c17-12-7-5-10(6-8-12)13-9-16(15-14-13)11-3-1-2-4-11;1-2-4-5-3-1;/h1-9,17H;1-5H;/q;;+2. The fraction of sp³-hybridized carbons (Fsp3) is 0. The predicted molar refractivity (Wildman–Crippen MR) is 84.5 cm³/mol. The average molecular weight is 345 g/mol. The molecule has 4 rings (SSSR count). The minimum Gasteiger partial charge on any atom is -0.508 e. The summed E-state index contributed by atoms with van der Waals surface area (Å²) in [5.41, 5.74) is 1.71. The Labute approximate surface area is 148 Å². The maximum absolute atomic E-state index is 9.22. The van der Waals surface area contributed by atoms with E-state index >= 15 is 0 Å². The van der Waals surface area contributed by atoms with Gasteiger partial charge in [-0.25, -0.2) is 4.68 Å². The fourth-order valence-electron chi connectivity index (χ4n) is 1.99. The van der Waals surface area contributed by atoms with Gasteiger partial charge in [-0.3, -0.25) is 0 Å². The molecule has 0 bridgehead atoms. The van der Waals surface area contributed by atoms with Crippen LogP contribution in [0, 0.1) is 63.8 Å². The molecular weight excluding hydrogens is 330 g/mol. The predicted octanol–water partition coefficient (Wildman–Crippen LogP) is 2.88. The number of aromatic hydroxyl groups is 1. The van der Waals surface area contributed by atoms with Crippen LogP contribution in [0.4, 0.5) is 0 Å². The Bertz CT molecular complexity index is 565. The minimum atomic E-state index is 0. The van der Waals surface area contributed by atoms with Crippen LogP contribution in [0.25, 0.3) is 11.3 Å². The molecule has 2 fully saturated rings. The van der Waals surface area contributed by atoms with Crippen molar-refractivity contribution in [2.75, 3.05) is 0 Å². The van der Waals surface area contributed by atoms with Crippen molar-refractivity contribution in [3.8, 4) is 17.0 Å². The smallest absolute Gasteiger partial charge is 0.508 e. The first-order chi connectivity index (χ1) is 10.8. The zero-order chi connectivity index (χ0) is 15.2. The van der Waals surface area contributed by atoms with Crippen LogP contribution >= 0.6 is 0 Å². The van der Waals surface area contributed by atoms with Gasteiger partial charge in [0.1, 0.15) is 11.4 Å². The van der Waals surface area contributed by atoms with Crippen molar-refractivity contribution >= 4 is 0 Å². The van der Waals surface area contributed by atoms with E-state index in [0.29, 0.717) is 0 Å². The number of aromatic nitrogens is 3. The maximum atomic E-state index is 9.22. The van der Waals surface area contributed by atoms with Crippen LogP contribution in [0.1, 0.15) is 0 Å². The Morgan fingerprint density at radius 1 is 0.783 bits per heavy atom. The van der Waals surface area contributed by atoms with Crippen LogP contribution in [0.15, 0.2) is 30.5 Å². The summed E-state index contributed by atoms with van der Waals surface area (Å²) < 4.78 is 1.72. The molecule has 23 heavy (non-hydrogen) atoms. The number of phenolic OH excluding ortho intramolecular Hbond substituents is 1. The molecule has 114 valence electrons. The Balaban J connectivity index is 0.000000276. The van der Waals surface area contributed by atoms with E-state index in [2.05, 4.69) is 10.3 Å². The van der Waals surface area contributed by atoms with Gasteiger partial charge in [0, 0.05) is 5.56 Å². The number of benzene rings is 1. The van der Waals surface area contributed by atoms with Crippen LogP contribution in [0.5, 0.6) is 5.75 Å². The second-order valence-corrected chi connectivity index (χ2v) is 4.70. The van der Waals surface area contributed by atoms with Gasteiger partial charge in [-0.05, 0) is 82.1 Å². The molecule has 0 saturated heterocycles. The fourth-order valence-corrected chi connectivity index (χ4v) is 1.99. The Hall–Kier alpha value is -1.32. The summed E-state index contributed by atoms with van der Waals surface area (Å²) in [5.74, 6) is 0.247. The van der Waals surface area contributed by atoms with Gasteiger partial charge in [-0.15, -0.1) is 5.10 Å². The number of hydrogen-bond donors (Lipinski definition) is 1. The summed E-state index contributed by atoms with van der Waals surface area (Å²) in [6, 6.07) is 7.89. The summed E-state index contributed by atoms with van der Waals surface area (Å²) in [4.78, 5) is 0. The summed E-state index contributed by atoms with van der Waals surface area (Å²) in [5, 5.41) is 17.4. The van der Waals surface area contributed by atoms with E-state index < -0.39 is 0 Å². The Kier molecular flexibility index (Phi) is 7.13. The SMILES string of the molecule is Oc1ccc(-c2cn([C]3[CH][CH][CH][CH]3)nn2)cc1.[CH]1[CH][CH][CH][CH]1.[Fe+2]. The molecule has 2 saturated carbocycles. The van der Waals surface area contributed by atoms with Crippen LogP contribution < -0.4 is 0 Å². The van der Waals surface area contributed by atoms with Crippen molar-refractivity contribution in [3.63, 3.8) is 0 Å². The Morgan fingerprint density at radius 3 is 1.91 bits per heavy atom. The molecule has 1 aromatic heterocycles. The quantitative estimate of drug-likeness (QED) is 0.852. The molecule has 2 aliphatic carbocycles. The number of rotatable bonds is 2. The summed E-state index contributed by atoms with van der Waals surface area (Å²) in [6.07, 6.45) is 19.7. The van der Waals surface area contributed by atoms with Crippen LogP contribution in [0.3, 0.4) is 0 Å². The molecule has 2 aromatic rings. The van der Waals surface area contributed by atoms with Crippen molar-refractivity contribution in [2.24, 2.45) is 0 Å². The van der Waals surface area contributed by atoms with Crippen molar-refractivity contribution in [1.82, 2.24) is 15.0 Å². The van der Waals surface area contributed by atoms with E-state index in [1.54, 1.807) is 16.8 Å². The average Bonchev–Trinajstić information content (AvgIpc) is 3.30. The Morgan fingerprint density at radius 2 is 1.35 bits per heavy atom. The number of phenols is 1. The monoisotopic (exact) mass is 345 g/mol.